The van der Waals surface area contributed by atoms with Crippen LogP contribution < -0.4 is 20.1 Å². The smallest absolute Gasteiger partial charge is 0.319 e. The highest BCUT2D eigenvalue weighted by Gasteiger charge is 2.38. The zero-order valence-electron chi connectivity index (χ0n) is 12.6. The lowest BCUT2D eigenvalue weighted by Crippen LogP contribution is -2.36. The fraction of sp³-hybridized carbons (Fsp3) is 0.467. The highest BCUT2D eigenvalue weighted by Crippen LogP contribution is 2.43. The summed E-state index contributed by atoms with van der Waals surface area (Å²) in [6.45, 7) is 4.05. The molecule has 2 amide bonds. The fourth-order valence-corrected chi connectivity index (χ4v) is 2.17. The molecule has 0 saturated heterocycles. The number of fused-ring (bicyclic) bond motifs is 1. The van der Waals surface area contributed by atoms with Gasteiger partial charge in [0.2, 0.25) is 0 Å². The van der Waals surface area contributed by atoms with Crippen molar-refractivity contribution in [3.63, 3.8) is 0 Å². The minimum atomic E-state index is -0.959. The number of urea groups is 1. The van der Waals surface area contributed by atoms with E-state index in [1.54, 1.807) is 18.2 Å². The summed E-state index contributed by atoms with van der Waals surface area (Å²) in [5.74, 6) is -0.350. The number of carboxylic acids is 1. The van der Waals surface area contributed by atoms with Gasteiger partial charge in [-0.15, -0.1) is 0 Å². The maximum absolute atomic E-state index is 11.6. The molecular weight excluding hydrogens is 288 g/mol. The quantitative estimate of drug-likeness (QED) is 0.750. The lowest BCUT2D eigenvalue weighted by molar-refractivity contribution is -0.136. The molecular formula is C15H20N2O5. The van der Waals surface area contributed by atoms with Crippen LogP contribution in [0.3, 0.4) is 0 Å². The summed E-state index contributed by atoms with van der Waals surface area (Å²) in [6.07, 6.45) is 1.32. The van der Waals surface area contributed by atoms with E-state index < -0.39 is 17.8 Å². The second kappa shape index (κ2) is 6.55. The van der Waals surface area contributed by atoms with Crippen molar-refractivity contribution in [1.82, 2.24) is 5.32 Å². The van der Waals surface area contributed by atoms with Crippen molar-refractivity contribution in [3.05, 3.63) is 18.2 Å². The van der Waals surface area contributed by atoms with Crippen LogP contribution in [-0.4, -0.2) is 29.4 Å². The van der Waals surface area contributed by atoms with E-state index >= 15 is 0 Å². The summed E-state index contributed by atoms with van der Waals surface area (Å²) < 4.78 is 11.7. The molecule has 1 heterocycles. The number of carbonyl (C=O) groups excluding carboxylic acids is 1. The number of aliphatic carboxylic acids is 1. The third-order valence-corrected chi connectivity index (χ3v) is 3.50. The molecule has 120 valence electrons. The molecule has 0 unspecified atom stereocenters. The fourth-order valence-electron chi connectivity index (χ4n) is 2.17. The van der Waals surface area contributed by atoms with Gasteiger partial charge in [0.05, 0.1) is 6.42 Å². The van der Waals surface area contributed by atoms with Crippen LogP contribution in [0.2, 0.25) is 0 Å². The number of nitrogens with one attached hydrogen (secondary N) is 2. The van der Waals surface area contributed by atoms with Gasteiger partial charge in [0.25, 0.3) is 5.79 Å². The largest absolute Gasteiger partial charge is 0.481 e. The van der Waals surface area contributed by atoms with Gasteiger partial charge in [-0.3, -0.25) is 4.79 Å². The molecule has 0 atom stereocenters. The van der Waals surface area contributed by atoms with Gasteiger partial charge in [0, 0.05) is 31.1 Å². The standard InChI is InChI=1S/C15H20N2O5/c1-3-15(4-2)21-11-6-5-10(9-12(11)22-15)17-14(20)16-8-7-13(18)19/h5-6,9H,3-4,7-8H2,1-2H3,(H,18,19)(H2,16,17,20). The Hall–Kier alpha value is -2.44. The van der Waals surface area contributed by atoms with Crippen LogP contribution in [-0.2, 0) is 4.79 Å². The number of carbonyl (C=O) groups is 2. The Morgan fingerprint density at radius 3 is 2.50 bits per heavy atom. The van der Waals surface area contributed by atoms with Crippen LogP contribution in [0.1, 0.15) is 33.1 Å². The van der Waals surface area contributed by atoms with Crippen LogP contribution in [0.15, 0.2) is 18.2 Å². The predicted octanol–water partition coefficient (Wildman–Crippen LogP) is 2.57. The molecule has 1 aliphatic rings. The lowest BCUT2D eigenvalue weighted by Gasteiger charge is -2.24. The van der Waals surface area contributed by atoms with Gasteiger partial charge in [-0.2, -0.15) is 0 Å². The SMILES string of the molecule is CCC1(CC)Oc2ccc(NC(=O)NCCC(=O)O)cc2O1. The van der Waals surface area contributed by atoms with Crippen LogP contribution in [0, 0.1) is 0 Å². The molecule has 1 aliphatic heterocycles. The van der Waals surface area contributed by atoms with E-state index in [1.165, 1.54) is 0 Å². The minimum Gasteiger partial charge on any atom is -0.481 e. The molecule has 22 heavy (non-hydrogen) atoms. The molecule has 0 spiro atoms. The minimum absolute atomic E-state index is 0.0699. The highest BCUT2D eigenvalue weighted by molar-refractivity contribution is 5.89. The number of anilines is 1. The van der Waals surface area contributed by atoms with Crippen molar-refractivity contribution >= 4 is 17.7 Å². The number of rotatable bonds is 6. The molecule has 3 N–H and O–H groups in total. The van der Waals surface area contributed by atoms with Crippen LogP contribution >= 0.6 is 0 Å². The molecule has 2 rings (SSSR count). The second-order valence-electron chi connectivity index (χ2n) is 5.01. The monoisotopic (exact) mass is 308 g/mol. The summed E-state index contributed by atoms with van der Waals surface area (Å²) >= 11 is 0. The van der Waals surface area contributed by atoms with Gasteiger partial charge in [-0.1, -0.05) is 13.8 Å². The van der Waals surface area contributed by atoms with Crippen molar-refractivity contribution in [3.8, 4) is 11.5 Å². The Labute approximate surface area is 128 Å². The summed E-state index contributed by atoms with van der Waals surface area (Å²) in [5.41, 5.74) is 0.554. The lowest BCUT2D eigenvalue weighted by atomic mass is 10.1. The molecule has 0 fully saturated rings. The molecule has 0 bridgehead atoms. The van der Waals surface area contributed by atoms with Gasteiger partial charge in [-0.25, -0.2) is 4.79 Å². The number of hydrogen-bond donors (Lipinski definition) is 3. The zero-order chi connectivity index (χ0) is 16.2. The molecule has 7 heteroatoms. The molecule has 1 aromatic rings. The average Bonchev–Trinajstić information content (AvgIpc) is 2.85. The summed E-state index contributed by atoms with van der Waals surface area (Å²) in [6, 6.07) is 4.69. The van der Waals surface area contributed by atoms with Gasteiger partial charge >= 0.3 is 12.0 Å². The van der Waals surface area contributed by atoms with E-state index in [0.29, 0.717) is 17.2 Å². The van der Waals surface area contributed by atoms with E-state index in [-0.39, 0.29) is 13.0 Å². The number of ether oxygens (including phenoxy) is 2. The van der Waals surface area contributed by atoms with Crippen LogP contribution in [0.4, 0.5) is 10.5 Å². The third kappa shape index (κ3) is 3.60. The molecule has 0 aliphatic carbocycles. The first-order valence-electron chi connectivity index (χ1n) is 7.26. The van der Waals surface area contributed by atoms with Crippen LogP contribution in [0.5, 0.6) is 11.5 Å². The van der Waals surface area contributed by atoms with Crippen molar-refractivity contribution in [2.75, 3.05) is 11.9 Å². The van der Waals surface area contributed by atoms with Crippen molar-refractivity contribution in [2.24, 2.45) is 0 Å². The summed E-state index contributed by atoms with van der Waals surface area (Å²) in [4.78, 5) is 22.0. The summed E-state index contributed by atoms with van der Waals surface area (Å²) in [5, 5.41) is 13.6. The van der Waals surface area contributed by atoms with Gasteiger partial charge in [0.15, 0.2) is 11.5 Å². The Balaban J connectivity index is 1.96. The maximum atomic E-state index is 11.6. The number of amides is 2. The zero-order valence-corrected chi connectivity index (χ0v) is 12.6. The van der Waals surface area contributed by atoms with E-state index in [4.69, 9.17) is 14.6 Å². The van der Waals surface area contributed by atoms with Gasteiger partial charge < -0.3 is 25.2 Å². The normalized spacial score (nSPS) is 14.5. The van der Waals surface area contributed by atoms with E-state index in [9.17, 15) is 9.59 Å². The molecule has 0 saturated carbocycles. The van der Waals surface area contributed by atoms with Gasteiger partial charge in [0.1, 0.15) is 0 Å². The Kier molecular flexibility index (Phi) is 4.75. The van der Waals surface area contributed by atoms with E-state index in [0.717, 1.165) is 12.8 Å². The third-order valence-electron chi connectivity index (χ3n) is 3.50. The van der Waals surface area contributed by atoms with E-state index in [1.807, 2.05) is 13.8 Å². The average molecular weight is 308 g/mol. The second-order valence-corrected chi connectivity index (χ2v) is 5.01. The Bertz CT molecular complexity index is 569. The highest BCUT2D eigenvalue weighted by atomic mass is 16.7. The number of hydrogen-bond acceptors (Lipinski definition) is 4. The van der Waals surface area contributed by atoms with Crippen LogP contribution in [0.25, 0.3) is 0 Å². The Morgan fingerprint density at radius 2 is 1.86 bits per heavy atom. The maximum Gasteiger partial charge on any atom is 0.319 e. The molecule has 0 radical (unpaired) electrons. The topological polar surface area (TPSA) is 96.9 Å². The van der Waals surface area contributed by atoms with E-state index in [2.05, 4.69) is 10.6 Å². The summed E-state index contributed by atoms with van der Waals surface area (Å²) in [7, 11) is 0. The first-order valence-corrected chi connectivity index (χ1v) is 7.26. The first kappa shape index (κ1) is 15.9. The Morgan fingerprint density at radius 1 is 1.18 bits per heavy atom. The van der Waals surface area contributed by atoms with Crippen molar-refractivity contribution in [2.45, 2.75) is 38.9 Å². The molecule has 7 nitrogen and oxygen atoms in total. The van der Waals surface area contributed by atoms with Crippen molar-refractivity contribution in [1.29, 1.82) is 0 Å². The molecule has 1 aromatic carbocycles. The predicted molar refractivity (Wildman–Crippen MR) is 80.3 cm³/mol. The number of benzene rings is 1. The number of carboxylic acid groups (broad SMARTS) is 1. The van der Waals surface area contributed by atoms with Gasteiger partial charge in [-0.05, 0) is 12.1 Å². The first-order chi connectivity index (χ1) is 10.5. The molecule has 0 aromatic heterocycles. The van der Waals surface area contributed by atoms with Crippen molar-refractivity contribution < 1.29 is 24.2 Å².